The van der Waals surface area contributed by atoms with Crippen molar-refractivity contribution in [3.8, 4) is 0 Å². The van der Waals surface area contributed by atoms with Crippen LogP contribution in [0.4, 0.5) is 0 Å². The van der Waals surface area contributed by atoms with Gasteiger partial charge in [-0.05, 0) is 61.4 Å². The highest BCUT2D eigenvalue weighted by molar-refractivity contribution is 9.10. The molecule has 1 saturated carbocycles. The molecule has 2 aromatic carbocycles. The van der Waals surface area contributed by atoms with Gasteiger partial charge < -0.3 is 10.3 Å². The van der Waals surface area contributed by atoms with Crippen LogP contribution in [-0.2, 0) is 5.41 Å². The monoisotopic (exact) mass is 387 g/mol. The lowest BCUT2D eigenvalue weighted by Crippen LogP contribution is -2.50. The van der Waals surface area contributed by atoms with E-state index in [2.05, 4.69) is 52.3 Å². The number of oxime groups is 1. The molecular weight excluding hydrogens is 366 g/mol. The summed E-state index contributed by atoms with van der Waals surface area (Å²) >= 11 is 3.50. The summed E-state index contributed by atoms with van der Waals surface area (Å²) in [4.78, 5) is 0. The Labute approximate surface area is 151 Å². The van der Waals surface area contributed by atoms with Crippen molar-refractivity contribution in [1.29, 1.82) is 0 Å². The van der Waals surface area contributed by atoms with Crippen molar-refractivity contribution < 1.29 is 10.3 Å². The molecule has 0 radical (unpaired) electrons. The molecule has 1 atom stereocenters. The van der Waals surface area contributed by atoms with Gasteiger partial charge in [-0.3, -0.25) is 0 Å². The minimum Gasteiger partial charge on any atom is -0.411 e. The maximum atomic E-state index is 9.93. The number of aryl methyl sites for hydroxylation is 1. The summed E-state index contributed by atoms with van der Waals surface area (Å²) in [6, 6.07) is 16.4. The van der Waals surface area contributed by atoms with Gasteiger partial charge in [-0.15, -0.1) is 0 Å². The molecule has 2 aromatic rings. The Morgan fingerprint density at radius 1 is 1.12 bits per heavy atom. The number of hydrogen-bond acceptors (Lipinski definition) is 3. The molecule has 126 valence electrons. The molecule has 0 amide bonds. The number of halogens is 1. The van der Waals surface area contributed by atoms with Gasteiger partial charge >= 0.3 is 0 Å². The number of aliphatic hydroxyl groups excluding tert-OH is 1. The third-order valence-electron chi connectivity index (χ3n) is 5.32. The number of nitrogens with zero attached hydrogens (tertiary/aromatic N) is 1. The third-order valence-corrected chi connectivity index (χ3v) is 5.84. The summed E-state index contributed by atoms with van der Waals surface area (Å²) in [5, 5.41) is 23.3. The van der Waals surface area contributed by atoms with Gasteiger partial charge in [0.1, 0.15) is 0 Å². The van der Waals surface area contributed by atoms with Gasteiger partial charge in [0.15, 0.2) is 0 Å². The van der Waals surface area contributed by atoms with Crippen molar-refractivity contribution in [2.45, 2.75) is 38.2 Å². The van der Waals surface area contributed by atoms with Gasteiger partial charge in [0.05, 0.1) is 17.2 Å². The molecule has 1 aliphatic rings. The fraction of sp³-hybridized carbons (Fsp3) is 0.350. The second kappa shape index (κ2) is 6.69. The molecule has 0 bridgehead atoms. The van der Waals surface area contributed by atoms with Gasteiger partial charge in [0.25, 0.3) is 0 Å². The lowest BCUT2D eigenvalue weighted by Gasteiger charge is -2.48. The van der Waals surface area contributed by atoms with Crippen molar-refractivity contribution in [2.75, 3.05) is 0 Å². The van der Waals surface area contributed by atoms with Crippen molar-refractivity contribution in [3.63, 3.8) is 0 Å². The minimum atomic E-state index is -0.528. The number of hydrogen-bond donors (Lipinski definition) is 2. The first-order valence-electron chi connectivity index (χ1n) is 8.19. The average Bonchev–Trinajstić information content (AvgIpc) is 2.56. The smallest absolute Gasteiger partial charge is 0.0692 e. The Bertz CT molecular complexity index is 750. The Kier molecular flexibility index (Phi) is 4.79. The second-order valence-electron chi connectivity index (χ2n) is 6.64. The fourth-order valence-electron chi connectivity index (χ4n) is 4.06. The molecule has 1 unspecified atom stereocenters. The lowest BCUT2D eigenvalue weighted by molar-refractivity contribution is 0.0247. The molecule has 0 heterocycles. The van der Waals surface area contributed by atoms with Crippen LogP contribution in [0.3, 0.4) is 0 Å². The van der Waals surface area contributed by atoms with E-state index in [-0.39, 0.29) is 12.0 Å². The molecule has 24 heavy (non-hydrogen) atoms. The van der Waals surface area contributed by atoms with Crippen LogP contribution in [0.1, 0.15) is 36.5 Å². The van der Waals surface area contributed by atoms with Crippen LogP contribution in [-0.4, -0.2) is 22.1 Å². The molecule has 2 N–H and O–H groups in total. The largest absolute Gasteiger partial charge is 0.411 e. The Morgan fingerprint density at radius 3 is 2.29 bits per heavy atom. The van der Waals surface area contributed by atoms with E-state index in [1.54, 1.807) is 0 Å². The van der Waals surface area contributed by atoms with Gasteiger partial charge in [-0.1, -0.05) is 57.5 Å². The molecule has 0 saturated heterocycles. The maximum Gasteiger partial charge on any atom is 0.0692 e. The maximum absolute atomic E-state index is 9.93. The summed E-state index contributed by atoms with van der Waals surface area (Å²) in [7, 11) is 0. The molecule has 0 aliphatic heterocycles. The minimum absolute atomic E-state index is 0.200. The molecule has 4 heteroatoms. The number of benzene rings is 2. The van der Waals surface area contributed by atoms with Crippen LogP contribution in [0.15, 0.2) is 58.2 Å². The summed E-state index contributed by atoms with van der Waals surface area (Å²) in [5.74, 6) is 0.200. The molecule has 1 aliphatic carbocycles. The van der Waals surface area contributed by atoms with Crippen LogP contribution in [0.25, 0.3) is 0 Å². The van der Waals surface area contributed by atoms with Crippen molar-refractivity contribution in [3.05, 3.63) is 69.7 Å². The molecule has 0 spiro atoms. The van der Waals surface area contributed by atoms with Crippen LogP contribution in [0, 0.1) is 12.8 Å². The van der Waals surface area contributed by atoms with Crippen molar-refractivity contribution >= 4 is 21.6 Å². The molecule has 3 nitrogen and oxygen atoms in total. The van der Waals surface area contributed by atoms with E-state index in [0.29, 0.717) is 18.6 Å². The second-order valence-corrected chi connectivity index (χ2v) is 7.55. The van der Waals surface area contributed by atoms with Crippen LogP contribution < -0.4 is 0 Å². The summed E-state index contributed by atoms with van der Waals surface area (Å²) < 4.78 is 1.01. The lowest BCUT2D eigenvalue weighted by atomic mass is 9.55. The SMILES string of the molecule is C/C(=N/O)C(c1ccc(Br)cc1)(c1ccccc1C)C1CC(O)C1. The molecule has 1 fully saturated rings. The fourth-order valence-corrected chi connectivity index (χ4v) is 4.32. The Balaban J connectivity index is 2.29. The van der Waals surface area contributed by atoms with Gasteiger partial charge in [-0.2, -0.15) is 0 Å². The van der Waals surface area contributed by atoms with E-state index >= 15 is 0 Å². The van der Waals surface area contributed by atoms with Gasteiger partial charge in [-0.25, -0.2) is 0 Å². The first-order valence-corrected chi connectivity index (χ1v) is 8.98. The normalized spacial score (nSPS) is 23.4. The van der Waals surface area contributed by atoms with Crippen LogP contribution >= 0.6 is 15.9 Å². The van der Waals surface area contributed by atoms with E-state index in [4.69, 9.17) is 0 Å². The topological polar surface area (TPSA) is 52.8 Å². The Hall–Kier alpha value is -1.65. The zero-order chi connectivity index (χ0) is 17.3. The van der Waals surface area contributed by atoms with Crippen LogP contribution in [0.5, 0.6) is 0 Å². The highest BCUT2D eigenvalue weighted by Crippen LogP contribution is 2.50. The van der Waals surface area contributed by atoms with E-state index in [9.17, 15) is 10.3 Å². The molecule has 0 aromatic heterocycles. The first kappa shape index (κ1) is 17.2. The standard InChI is InChI=1S/C20H22BrNO2/c1-13-5-3-4-6-19(13)20(14(2)22-24,16-11-18(23)12-16)15-7-9-17(21)10-8-15/h3-10,16,18,23-24H,11-12H2,1-2H3/b22-14-. The van der Waals surface area contributed by atoms with E-state index in [1.165, 1.54) is 0 Å². The highest BCUT2D eigenvalue weighted by Gasteiger charge is 2.50. The quantitative estimate of drug-likeness (QED) is 0.455. The van der Waals surface area contributed by atoms with Gasteiger partial charge in [0, 0.05) is 4.47 Å². The Morgan fingerprint density at radius 2 is 1.75 bits per heavy atom. The van der Waals surface area contributed by atoms with Crippen molar-refractivity contribution in [2.24, 2.45) is 11.1 Å². The molecule has 3 rings (SSSR count). The summed E-state index contributed by atoms with van der Waals surface area (Å²) in [5.41, 5.74) is 3.52. The van der Waals surface area contributed by atoms with E-state index in [0.717, 1.165) is 21.2 Å². The highest BCUT2D eigenvalue weighted by atomic mass is 79.9. The predicted octanol–water partition coefficient (Wildman–Crippen LogP) is 4.66. The summed E-state index contributed by atoms with van der Waals surface area (Å²) in [6.07, 6.45) is 1.13. The zero-order valence-corrected chi connectivity index (χ0v) is 15.5. The number of aliphatic hydroxyl groups is 1. The molecular formula is C20H22BrNO2. The zero-order valence-electron chi connectivity index (χ0n) is 13.9. The van der Waals surface area contributed by atoms with E-state index < -0.39 is 5.41 Å². The van der Waals surface area contributed by atoms with Crippen LogP contribution in [0.2, 0.25) is 0 Å². The van der Waals surface area contributed by atoms with E-state index in [1.807, 2.05) is 31.2 Å². The van der Waals surface area contributed by atoms with Crippen molar-refractivity contribution in [1.82, 2.24) is 0 Å². The first-order chi connectivity index (χ1) is 11.5. The average molecular weight is 388 g/mol. The number of rotatable bonds is 4. The van der Waals surface area contributed by atoms with Gasteiger partial charge in [0.2, 0.25) is 0 Å². The third kappa shape index (κ3) is 2.68. The summed E-state index contributed by atoms with van der Waals surface area (Å²) in [6.45, 7) is 3.96. The predicted molar refractivity (Wildman–Crippen MR) is 99.7 cm³/mol.